The van der Waals surface area contributed by atoms with E-state index in [1.54, 1.807) is 16.0 Å². The molecule has 0 aliphatic heterocycles. The molecule has 0 aromatic carbocycles. The molecule has 28 heavy (non-hydrogen) atoms. The van der Waals surface area contributed by atoms with Crippen LogP contribution in [-0.2, 0) is 19.5 Å². The first-order valence-corrected chi connectivity index (χ1v) is 9.20. The molecule has 11 heteroatoms. The average Bonchev–Trinajstić information content (AvgIpc) is 3.37. The van der Waals surface area contributed by atoms with Crippen LogP contribution < -0.4 is 0 Å². The van der Waals surface area contributed by atoms with Crippen molar-refractivity contribution in [2.45, 2.75) is 25.7 Å². The molecule has 4 aromatic heterocycles. The van der Waals surface area contributed by atoms with Gasteiger partial charge in [0.2, 0.25) is 5.65 Å². The number of halogens is 3. The van der Waals surface area contributed by atoms with E-state index < -0.39 is 12.7 Å². The van der Waals surface area contributed by atoms with E-state index in [0.717, 1.165) is 16.0 Å². The lowest BCUT2D eigenvalue weighted by Gasteiger charge is -2.05. The van der Waals surface area contributed by atoms with Crippen molar-refractivity contribution in [2.24, 2.45) is 0 Å². The Labute approximate surface area is 160 Å². The molecule has 0 spiro atoms. The Bertz CT molecular complexity index is 1200. The van der Waals surface area contributed by atoms with Crippen LogP contribution in [0.25, 0.3) is 28.6 Å². The smallest absolute Gasteiger partial charge is 0.263 e. The summed E-state index contributed by atoms with van der Waals surface area (Å²) in [4.78, 5) is 11.1. The number of alkyl halides is 3. The Hall–Kier alpha value is -3.08. The molecule has 4 aromatic rings. The normalized spacial score (nSPS) is 13.5. The molecule has 0 bridgehead atoms. The lowest BCUT2D eigenvalue weighted by atomic mass is 10.2. The molecule has 0 amide bonds. The lowest BCUT2D eigenvalue weighted by Crippen LogP contribution is -2.17. The number of allylic oxidation sites excluding steroid dienone is 1. The predicted molar refractivity (Wildman–Crippen MR) is 96.6 cm³/mol. The number of nitrogens with zero attached hydrogens (tertiary/aromatic N) is 7. The average molecular weight is 403 g/mol. The monoisotopic (exact) mass is 403 g/mol. The minimum absolute atomic E-state index is 0.385. The highest BCUT2D eigenvalue weighted by molar-refractivity contribution is 7.13. The van der Waals surface area contributed by atoms with Gasteiger partial charge in [0.1, 0.15) is 6.54 Å². The summed E-state index contributed by atoms with van der Waals surface area (Å²) in [7, 11) is 0. The second-order valence-corrected chi connectivity index (χ2v) is 7.57. The molecule has 0 saturated carbocycles. The van der Waals surface area contributed by atoms with Gasteiger partial charge in [0.25, 0.3) is 0 Å². The minimum atomic E-state index is -4.34. The molecule has 0 radical (unpaired) electrons. The third-order valence-electron chi connectivity index (χ3n) is 4.30. The van der Waals surface area contributed by atoms with Crippen molar-refractivity contribution in [1.29, 1.82) is 0 Å². The van der Waals surface area contributed by atoms with Gasteiger partial charge in [-0.15, -0.1) is 16.4 Å². The van der Waals surface area contributed by atoms with Crippen LogP contribution in [0.5, 0.6) is 0 Å². The zero-order chi connectivity index (χ0) is 19.3. The number of aromatic nitrogens is 7. The van der Waals surface area contributed by atoms with Gasteiger partial charge in [-0.05, 0) is 24.1 Å². The predicted octanol–water partition coefficient (Wildman–Crippen LogP) is 3.33. The van der Waals surface area contributed by atoms with Crippen LogP contribution in [0.4, 0.5) is 13.2 Å². The van der Waals surface area contributed by atoms with Gasteiger partial charge < -0.3 is 0 Å². The highest BCUT2D eigenvalue weighted by atomic mass is 32.1. The van der Waals surface area contributed by atoms with E-state index in [0.29, 0.717) is 29.1 Å². The van der Waals surface area contributed by atoms with Crippen LogP contribution in [0.15, 0.2) is 30.7 Å². The van der Waals surface area contributed by atoms with E-state index in [1.807, 2.05) is 0 Å². The zero-order valence-corrected chi connectivity index (χ0v) is 15.1. The quantitative estimate of drug-likeness (QED) is 0.523. The highest BCUT2D eigenvalue weighted by Crippen LogP contribution is 2.30. The molecule has 0 unspecified atom stereocenters. The molecular formula is C17H12F3N7S. The van der Waals surface area contributed by atoms with Crippen LogP contribution in [-0.4, -0.2) is 40.9 Å². The second kappa shape index (κ2) is 6.23. The van der Waals surface area contributed by atoms with Crippen LogP contribution >= 0.6 is 11.3 Å². The standard InChI is InChI=1S/C17H12F3N7S/c18-17(19,20)9-26-7-11(5-22-26)13-6-21-15-16(23-13)27(25-24-15)8-12-4-10-2-1-3-14(10)28-12/h1,3-7H,2,8-9H2. The Balaban J connectivity index is 1.45. The number of fused-ring (bicyclic) bond motifs is 2. The summed E-state index contributed by atoms with van der Waals surface area (Å²) in [6, 6.07) is 2.14. The van der Waals surface area contributed by atoms with Gasteiger partial charge in [-0.25, -0.2) is 14.6 Å². The summed E-state index contributed by atoms with van der Waals surface area (Å²) in [5.41, 5.74) is 3.03. The fraction of sp³-hybridized carbons (Fsp3) is 0.235. The molecule has 142 valence electrons. The lowest BCUT2D eigenvalue weighted by molar-refractivity contribution is -0.142. The summed E-state index contributed by atoms with van der Waals surface area (Å²) in [5, 5.41) is 11.9. The van der Waals surface area contributed by atoms with Gasteiger partial charge in [0.15, 0.2) is 5.65 Å². The highest BCUT2D eigenvalue weighted by Gasteiger charge is 2.28. The molecule has 0 saturated heterocycles. The molecular weight excluding hydrogens is 391 g/mol. The van der Waals surface area contributed by atoms with Crippen molar-refractivity contribution in [3.05, 3.63) is 46.1 Å². The second-order valence-electron chi connectivity index (χ2n) is 6.40. The van der Waals surface area contributed by atoms with Crippen LogP contribution in [0, 0.1) is 0 Å². The number of thiophene rings is 1. The van der Waals surface area contributed by atoms with Gasteiger partial charge >= 0.3 is 6.18 Å². The van der Waals surface area contributed by atoms with Gasteiger partial charge in [0, 0.05) is 21.5 Å². The molecule has 0 atom stereocenters. The third-order valence-corrected chi connectivity index (χ3v) is 5.43. The molecule has 0 fully saturated rings. The van der Waals surface area contributed by atoms with Crippen molar-refractivity contribution in [2.75, 3.05) is 0 Å². The number of rotatable bonds is 4. The Morgan fingerprint density at radius 3 is 2.93 bits per heavy atom. The molecule has 1 aliphatic rings. The van der Waals surface area contributed by atoms with Gasteiger partial charge in [-0.1, -0.05) is 11.3 Å². The summed E-state index contributed by atoms with van der Waals surface area (Å²) in [6.07, 6.45) is 4.94. The van der Waals surface area contributed by atoms with E-state index in [9.17, 15) is 13.2 Å². The summed E-state index contributed by atoms with van der Waals surface area (Å²) in [6.45, 7) is -0.646. The van der Waals surface area contributed by atoms with Crippen molar-refractivity contribution in [3.63, 3.8) is 0 Å². The Morgan fingerprint density at radius 2 is 2.11 bits per heavy atom. The Morgan fingerprint density at radius 1 is 1.21 bits per heavy atom. The number of hydrogen-bond donors (Lipinski definition) is 0. The van der Waals surface area contributed by atoms with E-state index in [4.69, 9.17) is 0 Å². The first kappa shape index (κ1) is 17.0. The molecule has 5 rings (SSSR count). The van der Waals surface area contributed by atoms with E-state index in [1.165, 1.54) is 29.0 Å². The van der Waals surface area contributed by atoms with Crippen molar-refractivity contribution < 1.29 is 13.2 Å². The van der Waals surface area contributed by atoms with E-state index >= 15 is 0 Å². The van der Waals surface area contributed by atoms with Gasteiger partial charge in [-0.3, -0.25) is 4.68 Å². The largest absolute Gasteiger partial charge is 0.408 e. The first-order valence-electron chi connectivity index (χ1n) is 8.38. The minimum Gasteiger partial charge on any atom is -0.263 e. The first-order chi connectivity index (χ1) is 13.4. The van der Waals surface area contributed by atoms with Crippen molar-refractivity contribution in [3.8, 4) is 11.3 Å². The van der Waals surface area contributed by atoms with E-state index in [2.05, 4.69) is 43.6 Å². The summed E-state index contributed by atoms with van der Waals surface area (Å²) < 4.78 is 40.1. The Kier molecular flexibility index (Phi) is 3.79. The van der Waals surface area contributed by atoms with E-state index in [-0.39, 0.29) is 0 Å². The maximum absolute atomic E-state index is 12.5. The van der Waals surface area contributed by atoms with Crippen LogP contribution in [0.1, 0.15) is 15.3 Å². The van der Waals surface area contributed by atoms with Crippen LogP contribution in [0.3, 0.4) is 0 Å². The zero-order valence-electron chi connectivity index (χ0n) is 14.3. The van der Waals surface area contributed by atoms with Crippen molar-refractivity contribution >= 4 is 28.7 Å². The molecule has 0 N–H and O–H groups in total. The third kappa shape index (κ3) is 3.17. The summed E-state index contributed by atoms with van der Waals surface area (Å²) in [5.74, 6) is 0. The summed E-state index contributed by atoms with van der Waals surface area (Å²) >= 11 is 1.69. The maximum atomic E-state index is 12.5. The fourth-order valence-corrected chi connectivity index (χ4v) is 4.20. The molecule has 1 aliphatic carbocycles. The molecule has 7 nitrogen and oxygen atoms in total. The topological polar surface area (TPSA) is 74.3 Å². The number of hydrogen-bond acceptors (Lipinski definition) is 6. The maximum Gasteiger partial charge on any atom is 0.408 e. The van der Waals surface area contributed by atoms with Gasteiger partial charge in [0.05, 0.1) is 24.6 Å². The SMILES string of the molecule is FC(F)(F)Cn1cc(-c2cnc3nnn(Cc4cc5c(s4)C=CC5)c3n2)cn1. The van der Waals surface area contributed by atoms with Crippen LogP contribution in [0.2, 0.25) is 0 Å². The fourth-order valence-electron chi connectivity index (χ4n) is 3.09. The van der Waals surface area contributed by atoms with Gasteiger partial charge in [-0.2, -0.15) is 18.3 Å². The van der Waals surface area contributed by atoms with Crippen molar-refractivity contribution in [1.82, 2.24) is 34.7 Å². The molecule has 4 heterocycles.